The van der Waals surface area contributed by atoms with E-state index in [4.69, 9.17) is 0 Å². The second-order valence-electron chi connectivity index (χ2n) is 6.01. The molecule has 2 bridgehead atoms. The van der Waals surface area contributed by atoms with Crippen LogP contribution in [0, 0.1) is 5.41 Å². The maximum atomic E-state index is 11.5. The Morgan fingerprint density at radius 1 is 1.33 bits per heavy atom. The van der Waals surface area contributed by atoms with E-state index in [9.17, 15) is 4.79 Å². The Morgan fingerprint density at radius 2 is 1.93 bits per heavy atom. The molecule has 2 saturated heterocycles. The molecule has 2 nitrogen and oxygen atoms in total. The summed E-state index contributed by atoms with van der Waals surface area (Å²) in [6.07, 6.45) is 6.88. The fourth-order valence-corrected chi connectivity index (χ4v) is 3.74. The van der Waals surface area contributed by atoms with Crippen LogP contribution in [0.4, 0.5) is 0 Å². The van der Waals surface area contributed by atoms with Gasteiger partial charge < -0.3 is 0 Å². The van der Waals surface area contributed by atoms with E-state index in [0.717, 1.165) is 18.9 Å². The zero-order valence-electron chi connectivity index (χ0n) is 9.83. The second-order valence-corrected chi connectivity index (χ2v) is 6.01. The number of nitrogens with zero attached hydrogens (tertiary/aromatic N) is 1. The molecule has 0 radical (unpaired) electrons. The third-order valence-electron chi connectivity index (χ3n) is 5.07. The highest BCUT2D eigenvalue weighted by Gasteiger charge is 2.57. The van der Waals surface area contributed by atoms with Crippen molar-refractivity contribution in [2.24, 2.45) is 5.41 Å². The van der Waals surface area contributed by atoms with Gasteiger partial charge in [-0.1, -0.05) is 13.8 Å². The van der Waals surface area contributed by atoms with Crippen molar-refractivity contribution in [1.82, 2.24) is 4.90 Å². The summed E-state index contributed by atoms with van der Waals surface area (Å²) in [7, 11) is 0. The van der Waals surface area contributed by atoms with Crippen LogP contribution in [0.1, 0.15) is 52.4 Å². The summed E-state index contributed by atoms with van der Waals surface area (Å²) in [5, 5.41) is 0. The van der Waals surface area contributed by atoms with Crippen molar-refractivity contribution in [3.8, 4) is 0 Å². The standard InChI is InChI=1S/C13H21NO/c1-3-13(2)8-12(13)14-9-4-5-10(14)7-11(15)6-9/h9-10,12H,3-8H2,1-2H3. The van der Waals surface area contributed by atoms with Crippen LogP contribution in [-0.4, -0.2) is 28.8 Å². The highest BCUT2D eigenvalue weighted by atomic mass is 16.1. The molecule has 2 heteroatoms. The summed E-state index contributed by atoms with van der Waals surface area (Å²) in [5.41, 5.74) is 0.571. The molecule has 2 heterocycles. The number of carbonyl (C=O) groups is 1. The molecule has 15 heavy (non-hydrogen) atoms. The highest BCUT2D eigenvalue weighted by Crippen LogP contribution is 2.55. The van der Waals surface area contributed by atoms with Crippen molar-refractivity contribution in [3.05, 3.63) is 0 Å². The number of piperidine rings is 1. The Labute approximate surface area is 92.0 Å². The van der Waals surface area contributed by atoms with Crippen molar-refractivity contribution in [3.63, 3.8) is 0 Å². The second kappa shape index (κ2) is 3.07. The van der Waals surface area contributed by atoms with Gasteiger partial charge in [0, 0.05) is 31.0 Å². The number of fused-ring (bicyclic) bond motifs is 2. The molecule has 2 aliphatic heterocycles. The molecule has 0 amide bonds. The fourth-order valence-electron chi connectivity index (χ4n) is 3.74. The predicted octanol–water partition coefficient (Wildman–Crippen LogP) is 2.37. The van der Waals surface area contributed by atoms with Crippen LogP contribution >= 0.6 is 0 Å². The lowest BCUT2D eigenvalue weighted by Gasteiger charge is -2.35. The van der Waals surface area contributed by atoms with Crippen LogP contribution in [0.25, 0.3) is 0 Å². The van der Waals surface area contributed by atoms with Gasteiger partial charge in [0.2, 0.25) is 0 Å². The maximum absolute atomic E-state index is 11.5. The molecule has 0 aromatic carbocycles. The number of rotatable bonds is 2. The summed E-state index contributed by atoms with van der Waals surface area (Å²) >= 11 is 0. The number of Topliss-reactive ketones (excluding diaryl/α,β-unsaturated/α-hetero) is 1. The summed E-state index contributed by atoms with van der Waals surface area (Å²) in [6.45, 7) is 4.71. The molecule has 3 aliphatic rings. The van der Waals surface area contributed by atoms with E-state index in [2.05, 4.69) is 18.7 Å². The normalized spacial score (nSPS) is 49.7. The van der Waals surface area contributed by atoms with Crippen LogP contribution < -0.4 is 0 Å². The lowest BCUT2D eigenvalue weighted by molar-refractivity contribution is -0.124. The van der Waals surface area contributed by atoms with Crippen molar-refractivity contribution in [1.29, 1.82) is 0 Å². The van der Waals surface area contributed by atoms with Gasteiger partial charge in [0.1, 0.15) is 5.78 Å². The highest BCUT2D eigenvalue weighted by molar-refractivity contribution is 5.81. The number of hydrogen-bond acceptors (Lipinski definition) is 2. The SMILES string of the molecule is CCC1(C)CC1N1C2CCC1CC(=O)C2. The number of carbonyl (C=O) groups excluding carboxylic acids is 1. The maximum Gasteiger partial charge on any atom is 0.136 e. The molecule has 0 aromatic heterocycles. The van der Waals surface area contributed by atoms with E-state index >= 15 is 0 Å². The zero-order chi connectivity index (χ0) is 10.6. The average molecular weight is 207 g/mol. The monoisotopic (exact) mass is 207 g/mol. The zero-order valence-corrected chi connectivity index (χ0v) is 9.83. The molecule has 1 aliphatic carbocycles. The van der Waals surface area contributed by atoms with Crippen LogP contribution in [0.3, 0.4) is 0 Å². The van der Waals surface area contributed by atoms with E-state index in [1.165, 1.54) is 25.7 Å². The van der Waals surface area contributed by atoms with Crippen LogP contribution in [-0.2, 0) is 4.79 Å². The molecular weight excluding hydrogens is 186 g/mol. The first-order valence-electron chi connectivity index (χ1n) is 6.43. The van der Waals surface area contributed by atoms with E-state index < -0.39 is 0 Å². The fraction of sp³-hybridized carbons (Fsp3) is 0.923. The predicted molar refractivity (Wildman–Crippen MR) is 59.7 cm³/mol. The first kappa shape index (κ1) is 9.83. The Morgan fingerprint density at radius 3 is 2.40 bits per heavy atom. The molecule has 3 fully saturated rings. The molecule has 3 rings (SSSR count). The lowest BCUT2D eigenvalue weighted by Crippen LogP contribution is -2.45. The third-order valence-corrected chi connectivity index (χ3v) is 5.07. The Bertz CT molecular complexity index is 285. The average Bonchev–Trinajstić information content (AvgIpc) is 2.80. The molecule has 0 N–H and O–H groups in total. The molecule has 84 valence electrons. The molecule has 0 aromatic rings. The first-order valence-corrected chi connectivity index (χ1v) is 6.43. The Balaban J connectivity index is 1.76. The summed E-state index contributed by atoms with van der Waals surface area (Å²) in [6, 6.07) is 2.01. The van der Waals surface area contributed by atoms with Gasteiger partial charge in [0.15, 0.2) is 0 Å². The van der Waals surface area contributed by atoms with E-state index in [1.807, 2.05) is 0 Å². The third kappa shape index (κ3) is 1.37. The molecular formula is C13H21NO. The van der Waals surface area contributed by atoms with Crippen molar-refractivity contribution >= 4 is 5.78 Å². The van der Waals surface area contributed by atoms with Gasteiger partial charge in [-0.15, -0.1) is 0 Å². The minimum Gasteiger partial charge on any atom is -0.300 e. The summed E-state index contributed by atoms with van der Waals surface area (Å²) < 4.78 is 0. The quantitative estimate of drug-likeness (QED) is 0.693. The van der Waals surface area contributed by atoms with Crippen LogP contribution in [0.5, 0.6) is 0 Å². The van der Waals surface area contributed by atoms with E-state index in [-0.39, 0.29) is 0 Å². The lowest BCUT2D eigenvalue weighted by atomic mass is 9.99. The van der Waals surface area contributed by atoms with Crippen molar-refractivity contribution < 1.29 is 4.79 Å². The van der Waals surface area contributed by atoms with E-state index in [1.54, 1.807) is 0 Å². The van der Waals surface area contributed by atoms with Gasteiger partial charge >= 0.3 is 0 Å². The van der Waals surface area contributed by atoms with Gasteiger partial charge in [-0.25, -0.2) is 0 Å². The smallest absolute Gasteiger partial charge is 0.136 e. The largest absolute Gasteiger partial charge is 0.300 e. The van der Waals surface area contributed by atoms with E-state index in [0.29, 0.717) is 23.3 Å². The topological polar surface area (TPSA) is 20.3 Å². The Hall–Kier alpha value is -0.370. The molecule has 4 atom stereocenters. The number of hydrogen-bond donors (Lipinski definition) is 0. The molecule has 4 unspecified atom stereocenters. The summed E-state index contributed by atoms with van der Waals surface area (Å²) in [4.78, 5) is 14.2. The van der Waals surface area contributed by atoms with Gasteiger partial charge in [0.25, 0.3) is 0 Å². The van der Waals surface area contributed by atoms with Crippen LogP contribution in [0.15, 0.2) is 0 Å². The van der Waals surface area contributed by atoms with Crippen molar-refractivity contribution in [2.75, 3.05) is 0 Å². The summed E-state index contributed by atoms with van der Waals surface area (Å²) in [5.74, 6) is 0.512. The van der Waals surface area contributed by atoms with Gasteiger partial charge in [-0.2, -0.15) is 0 Å². The number of ketones is 1. The van der Waals surface area contributed by atoms with Gasteiger partial charge in [-0.3, -0.25) is 9.69 Å². The minimum absolute atomic E-state index is 0.512. The van der Waals surface area contributed by atoms with Crippen molar-refractivity contribution in [2.45, 2.75) is 70.5 Å². The Kier molecular flexibility index (Phi) is 2.01. The van der Waals surface area contributed by atoms with Gasteiger partial charge in [-0.05, 0) is 31.1 Å². The van der Waals surface area contributed by atoms with Crippen LogP contribution in [0.2, 0.25) is 0 Å². The van der Waals surface area contributed by atoms with Gasteiger partial charge in [0.05, 0.1) is 0 Å². The minimum atomic E-state index is 0.512. The first-order chi connectivity index (χ1) is 7.14. The molecule has 1 saturated carbocycles. The molecule has 0 spiro atoms.